The van der Waals surface area contributed by atoms with Gasteiger partial charge in [0, 0.05) is 23.7 Å². The Balaban J connectivity index is 1.53. The number of sulfonamides is 1. The number of nitrogens with zero attached hydrogens (tertiary/aromatic N) is 1. The van der Waals surface area contributed by atoms with Crippen LogP contribution in [0.4, 0.5) is 5.69 Å². The molecule has 3 atom stereocenters. The second-order valence-corrected chi connectivity index (χ2v) is 13.9. The number of nitrogens with one attached hydrogen (secondary N) is 1. The number of halogens is 1. The van der Waals surface area contributed by atoms with Gasteiger partial charge < -0.3 is 14.7 Å². The number of anilines is 1. The quantitative estimate of drug-likeness (QED) is 0.433. The van der Waals surface area contributed by atoms with Crippen LogP contribution >= 0.6 is 11.6 Å². The molecule has 2 bridgehead atoms. The summed E-state index contributed by atoms with van der Waals surface area (Å²) in [6, 6.07) is 11.1. The third-order valence-electron chi connectivity index (χ3n) is 9.04. The highest BCUT2D eigenvalue weighted by Gasteiger charge is 2.48. The smallest absolute Gasteiger partial charge is 0.264 e. The Labute approximate surface area is 236 Å². The van der Waals surface area contributed by atoms with Gasteiger partial charge in [0.1, 0.15) is 12.4 Å². The van der Waals surface area contributed by atoms with Crippen LogP contribution in [-0.4, -0.2) is 44.4 Å². The minimum Gasteiger partial charge on any atom is -0.487 e. The van der Waals surface area contributed by atoms with Gasteiger partial charge in [0.05, 0.1) is 17.5 Å². The molecule has 39 heavy (non-hydrogen) atoms. The zero-order valence-electron chi connectivity index (χ0n) is 22.6. The van der Waals surface area contributed by atoms with E-state index in [9.17, 15) is 18.3 Å². The highest BCUT2D eigenvalue weighted by molar-refractivity contribution is 7.90. The molecular weight excluding hydrogens is 536 g/mol. The standard InChI is InChI=1S/C30H39ClN2O5S/c1-30-14-13-24(30)19-33-15-5-4-7-21-17-25(31)11-9-23(21)20-38-27-12-10-22(18-26(27)33)29(35)32-39(36,37)16-6-2-3-8-28(30)34/h9-12,17-18,24,28,34H,2-8,13-16,19-20H2,1H3,(H,32,35)/t24-,28+,30-/m1/s1. The minimum atomic E-state index is -3.76. The molecule has 7 nitrogen and oxygen atoms in total. The number of benzene rings is 2. The van der Waals surface area contributed by atoms with E-state index < -0.39 is 22.0 Å². The molecule has 1 fully saturated rings. The SMILES string of the molecule is C[C@@]12CC[C@@H]1CN1CCCCc3cc(Cl)ccc3COc3ccc(cc31)C(=O)NS(=O)(=O)CCCCC[C@@H]2O. The average Bonchev–Trinajstić information content (AvgIpc) is 2.92. The Hall–Kier alpha value is -2.29. The number of aliphatic hydroxyl groups excluding tert-OH is 1. The first-order valence-corrected chi connectivity index (χ1v) is 16.2. The fourth-order valence-electron chi connectivity index (χ4n) is 6.28. The Morgan fingerprint density at radius 2 is 1.90 bits per heavy atom. The van der Waals surface area contributed by atoms with Crippen LogP contribution in [0.25, 0.3) is 0 Å². The van der Waals surface area contributed by atoms with Crippen molar-refractivity contribution < 1.29 is 23.1 Å². The van der Waals surface area contributed by atoms with E-state index in [1.54, 1.807) is 18.2 Å². The van der Waals surface area contributed by atoms with E-state index in [0.29, 0.717) is 42.6 Å². The Kier molecular flexibility index (Phi) is 8.45. The van der Waals surface area contributed by atoms with Crippen LogP contribution in [-0.2, 0) is 23.1 Å². The first-order valence-electron chi connectivity index (χ1n) is 14.2. The van der Waals surface area contributed by atoms with Gasteiger partial charge in [0.25, 0.3) is 5.91 Å². The number of carbonyl (C=O) groups is 1. The summed E-state index contributed by atoms with van der Waals surface area (Å²) in [5, 5.41) is 11.9. The Morgan fingerprint density at radius 1 is 1.05 bits per heavy atom. The third-order valence-corrected chi connectivity index (χ3v) is 10.6. The molecule has 5 rings (SSSR count). The summed E-state index contributed by atoms with van der Waals surface area (Å²) in [5.74, 6) is 0.230. The van der Waals surface area contributed by atoms with E-state index in [4.69, 9.17) is 16.3 Å². The van der Waals surface area contributed by atoms with Crippen molar-refractivity contribution in [3.63, 3.8) is 0 Å². The fraction of sp³-hybridized carbons (Fsp3) is 0.567. The number of aryl methyl sites for hydroxylation is 1. The number of fused-ring (bicyclic) bond motifs is 3. The zero-order valence-corrected chi connectivity index (χ0v) is 24.2. The van der Waals surface area contributed by atoms with Gasteiger partial charge >= 0.3 is 0 Å². The maximum absolute atomic E-state index is 13.1. The molecule has 1 saturated carbocycles. The molecule has 2 N–H and O–H groups in total. The van der Waals surface area contributed by atoms with Gasteiger partial charge in [-0.15, -0.1) is 0 Å². The molecule has 0 unspecified atom stereocenters. The lowest BCUT2D eigenvalue weighted by Crippen LogP contribution is -2.51. The van der Waals surface area contributed by atoms with Crippen molar-refractivity contribution >= 4 is 33.2 Å². The normalized spacial score (nSPS) is 28.0. The van der Waals surface area contributed by atoms with Crippen LogP contribution in [0, 0.1) is 11.3 Å². The zero-order chi connectivity index (χ0) is 27.6. The molecule has 1 amide bonds. The number of amides is 1. The molecule has 3 aliphatic rings. The molecule has 0 saturated heterocycles. The number of ether oxygens (including phenoxy) is 1. The van der Waals surface area contributed by atoms with E-state index in [-0.39, 0.29) is 16.7 Å². The largest absolute Gasteiger partial charge is 0.487 e. The highest BCUT2D eigenvalue weighted by Crippen LogP contribution is 2.51. The van der Waals surface area contributed by atoms with Crippen LogP contribution < -0.4 is 14.4 Å². The monoisotopic (exact) mass is 574 g/mol. The van der Waals surface area contributed by atoms with E-state index in [2.05, 4.69) is 16.5 Å². The van der Waals surface area contributed by atoms with Crippen molar-refractivity contribution in [2.45, 2.75) is 77.4 Å². The van der Waals surface area contributed by atoms with Gasteiger partial charge in [-0.05, 0) is 97.7 Å². The molecule has 2 aromatic rings. The van der Waals surface area contributed by atoms with Crippen LogP contribution in [0.1, 0.15) is 79.8 Å². The van der Waals surface area contributed by atoms with Gasteiger partial charge in [-0.3, -0.25) is 4.79 Å². The molecular formula is C30H39ClN2O5S. The summed E-state index contributed by atoms with van der Waals surface area (Å²) in [6.45, 7) is 4.06. The summed E-state index contributed by atoms with van der Waals surface area (Å²) in [5.41, 5.74) is 3.15. The van der Waals surface area contributed by atoms with E-state index in [1.165, 1.54) is 5.56 Å². The van der Waals surface area contributed by atoms with E-state index >= 15 is 0 Å². The molecule has 1 aliphatic carbocycles. The van der Waals surface area contributed by atoms with Crippen molar-refractivity contribution in [3.05, 3.63) is 58.1 Å². The predicted molar refractivity (Wildman–Crippen MR) is 154 cm³/mol. The summed E-state index contributed by atoms with van der Waals surface area (Å²) < 4.78 is 33.9. The number of aliphatic hydroxyl groups is 1. The summed E-state index contributed by atoms with van der Waals surface area (Å²) in [6.07, 6.45) is 6.97. The molecule has 9 heteroatoms. The van der Waals surface area contributed by atoms with Crippen LogP contribution in [0.3, 0.4) is 0 Å². The van der Waals surface area contributed by atoms with Gasteiger partial charge in [-0.25, -0.2) is 13.1 Å². The van der Waals surface area contributed by atoms with Crippen LogP contribution in [0.15, 0.2) is 36.4 Å². The molecule has 212 valence electrons. The van der Waals surface area contributed by atoms with Crippen molar-refractivity contribution in [3.8, 4) is 5.75 Å². The predicted octanol–water partition coefficient (Wildman–Crippen LogP) is 5.47. The van der Waals surface area contributed by atoms with E-state index in [1.807, 2.05) is 18.2 Å². The third kappa shape index (κ3) is 6.39. The molecule has 2 heterocycles. The van der Waals surface area contributed by atoms with Crippen molar-refractivity contribution in [1.82, 2.24) is 4.72 Å². The van der Waals surface area contributed by atoms with Gasteiger partial charge in [0.2, 0.25) is 10.0 Å². The first-order chi connectivity index (χ1) is 18.6. The number of hydrogen-bond acceptors (Lipinski definition) is 6. The molecule has 2 aliphatic heterocycles. The summed E-state index contributed by atoms with van der Waals surface area (Å²) >= 11 is 6.29. The number of rotatable bonds is 0. The molecule has 0 spiro atoms. The summed E-state index contributed by atoms with van der Waals surface area (Å²) in [4.78, 5) is 15.3. The fourth-order valence-corrected chi connectivity index (χ4v) is 7.56. The second kappa shape index (κ2) is 11.7. The van der Waals surface area contributed by atoms with Crippen LogP contribution in [0.5, 0.6) is 5.75 Å². The Morgan fingerprint density at radius 3 is 2.69 bits per heavy atom. The molecule has 0 aromatic heterocycles. The second-order valence-electron chi connectivity index (χ2n) is 11.6. The average molecular weight is 575 g/mol. The van der Waals surface area contributed by atoms with Crippen molar-refractivity contribution in [2.75, 3.05) is 23.7 Å². The maximum Gasteiger partial charge on any atom is 0.264 e. The van der Waals surface area contributed by atoms with Crippen molar-refractivity contribution in [1.29, 1.82) is 0 Å². The lowest BCUT2D eigenvalue weighted by Gasteiger charge is -2.52. The lowest BCUT2D eigenvalue weighted by molar-refractivity contribution is -0.0756. The Bertz CT molecular complexity index is 1320. The van der Waals surface area contributed by atoms with Gasteiger partial charge in [0.15, 0.2) is 0 Å². The molecule has 2 aromatic carbocycles. The maximum atomic E-state index is 13.1. The minimum absolute atomic E-state index is 0.113. The van der Waals surface area contributed by atoms with Crippen molar-refractivity contribution in [2.24, 2.45) is 11.3 Å². The topological polar surface area (TPSA) is 95.9 Å². The summed E-state index contributed by atoms with van der Waals surface area (Å²) in [7, 11) is -3.76. The number of hydrogen-bond donors (Lipinski definition) is 2. The van der Waals surface area contributed by atoms with Gasteiger partial charge in [-0.1, -0.05) is 37.4 Å². The van der Waals surface area contributed by atoms with Crippen LogP contribution in [0.2, 0.25) is 5.02 Å². The highest BCUT2D eigenvalue weighted by atomic mass is 35.5. The van der Waals surface area contributed by atoms with E-state index in [0.717, 1.165) is 62.9 Å². The first kappa shape index (κ1) is 28.2. The number of carbonyl (C=O) groups excluding carboxylic acids is 1. The van der Waals surface area contributed by atoms with Gasteiger partial charge in [-0.2, -0.15) is 0 Å². The lowest BCUT2D eigenvalue weighted by atomic mass is 9.57. The molecule has 0 radical (unpaired) electrons.